The van der Waals surface area contributed by atoms with Crippen molar-refractivity contribution in [3.8, 4) is 5.75 Å². The third-order valence-electron chi connectivity index (χ3n) is 3.67. The Balaban J connectivity index is 1.70. The number of nitrogen functional groups attached to an aromatic ring is 1. The fraction of sp³-hybridized carbons (Fsp3) is 0.500. The maximum absolute atomic E-state index is 12.0. The molecule has 0 aliphatic carbocycles. The van der Waals surface area contributed by atoms with Crippen LogP contribution in [0.3, 0.4) is 0 Å². The molecule has 1 aromatic carbocycles. The number of hydrogen-bond acceptors (Lipinski definition) is 5. The van der Waals surface area contributed by atoms with Gasteiger partial charge in [-0.25, -0.2) is 0 Å². The average Bonchev–Trinajstić information content (AvgIpc) is 2.47. The van der Waals surface area contributed by atoms with E-state index < -0.39 is 0 Å². The van der Waals surface area contributed by atoms with E-state index in [2.05, 4.69) is 4.90 Å². The first-order chi connectivity index (χ1) is 9.74. The molecule has 6 nitrogen and oxygen atoms in total. The molecule has 0 unspecified atom stereocenters. The van der Waals surface area contributed by atoms with Gasteiger partial charge in [0.15, 0.2) is 6.61 Å². The Labute approximate surface area is 118 Å². The van der Waals surface area contributed by atoms with Crippen LogP contribution in [0.2, 0.25) is 0 Å². The number of amides is 1. The minimum absolute atomic E-state index is 0.00414. The predicted molar refractivity (Wildman–Crippen MR) is 76.0 cm³/mol. The van der Waals surface area contributed by atoms with Crippen molar-refractivity contribution < 1.29 is 14.3 Å². The lowest BCUT2D eigenvalue weighted by atomic mass is 10.2. The highest BCUT2D eigenvalue weighted by Gasteiger charge is 2.26. The lowest BCUT2D eigenvalue weighted by molar-refractivity contribution is -0.121. The van der Waals surface area contributed by atoms with E-state index in [0.29, 0.717) is 18.0 Å². The molecule has 2 aliphatic heterocycles. The molecule has 1 saturated heterocycles. The predicted octanol–water partition coefficient (Wildman–Crippen LogP) is 0.326. The van der Waals surface area contributed by atoms with Crippen molar-refractivity contribution >= 4 is 17.3 Å². The topological polar surface area (TPSA) is 68.0 Å². The number of ether oxygens (including phenoxy) is 2. The van der Waals surface area contributed by atoms with Gasteiger partial charge in [0.2, 0.25) is 0 Å². The first-order valence-corrected chi connectivity index (χ1v) is 6.87. The highest BCUT2D eigenvalue weighted by atomic mass is 16.5. The van der Waals surface area contributed by atoms with Crippen molar-refractivity contribution in [1.82, 2.24) is 4.90 Å². The van der Waals surface area contributed by atoms with Crippen LogP contribution in [0, 0.1) is 0 Å². The van der Waals surface area contributed by atoms with Gasteiger partial charge in [-0.05, 0) is 12.1 Å². The lowest BCUT2D eigenvalue weighted by Crippen LogP contribution is -2.45. The van der Waals surface area contributed by atoms with E-state index in [-0.39, 0.29) is 12.5 Å². The fourth-order valence-electron chi connectivity index (χ4n) is 2.53. The highest BCUT2D eigenvalue weighted by molar-refractivity contribution is 5.98. The van der Waals surface area contributed by atoms with Crippen molar-refractivity contribution in [3.05, 3.63) is 18.2 Å². The van der Waals surface area contributed by atoms with Crippen molar-refractivity contribution in [2.45, 2.75) is 0 Å². The molecule has 108 valence electrons. The number of hydrogen-bond donors (Lipinski definition) is 1. The zero-order valence-corrected chi connectivity index (χ0v) is 11.4. The van der Waals surface area contributed by atoms with Gasteiger partial charge in [0, 0.05) is 37.9 Å². The van der Waals surface area contributed by atoms with E-state index in [1.165, 1.54) is 0 Å². The maximum Gasteiger partial charge on any atom is 0.265 e. The van der Waals surface area contributed by atoms with Gasteiger partial charge in [-0.2, -0.15) is 0 Å². The molecule has 1 aromatic rings. The number of nitrogens with zero attached hydrogens (tertiary/aromatic N) is 2. The Kier molecular flexibility index (Phi) is 3.75. The molecule has 2 N–H and O–H groups in total. The minimum Gasteiger partial charge on any atom is -0.481 e. The van der Waals surface area contributed by atoms with E-state index in [1.54, 1.807) is 17.0 Å². The summed E-state index contributed by atoms with van der Waals surface area (Å²) in [7, 11) is 0. The molecule has 1 amide bonds. The van der Waals surface area contributed by atoms with E-state index in [9.17, 15) is 4.79 Å². The number of anilines is 2. The number of morpholine rings is 1. The minimum atomic E-state index is -0.00414. The maximum atomic E-state index is 12.0. The largest absolute Gasteiger partial charge is 0.481 e. The van der Waals surface area contributed by atoms with Gasteiger partial charge in [0.1, 0.15) is 5.75 Å². The van der Waals surface area contributed by atoms with Crippen LogP contribution in [-0.2, 0) is 9.53 Å². The van der Waals surface area contributed by atoms with Gasteiger partial charge in [-0.15, -0.1) is 0 Å². The Bertz CT molecular complexity index is 500. The smallest absolute Gasteiger partial charge is 0.265 e. The Hall–Kier alpha value is -1.79. The molecule has 0 aromatic heterocycles. The molecular formula is C14H19N3O3. The average molecular weight is 277 g/mol. The van der Waals surface area contributed by atoms with E-state index >= 15 is 0 Å². The van der Waals surface area contributed by atoms with Crippen LogP contribution in [0.15, 0.2) is 18.2 Å². The van der Waals surface area contributed by atoms with Gasteiger partial charge in [-0.3, -0.25) is 9.69 Å². The molecule has 1 fully saturated rings. The van der Waals surface area contributed by atoms with Gasteiger partial charge >= 0.3 is 0 Å². The van der Waals surface area contributed by atoms with Gasteiger partial charge in [0.25, 0.3) is 5.91 Å². The zero-order valence-electron chi connectivity index (χ0n) is 11.4. The number of carbonyl (C=O) groups is 1. The first kappa shape index (κ1) is 13.2. The van der Waals surface area contributed by atoms with Crippen LogP contribution >= 0.6 is 0 Å². The second-order valence-electron chi connectivity index (χ2n) is 5.02. The summed E-state index contributed by atoms with van der Waals surface area (Å²) in [5.41, 5.74) is 7.20. The molecule has 0 bridgehead atoms. The van der Waals surface area contributed by atoms with Crippen LogP contribution in [-0.4, -0.2) is 56.8 Å². The molecule has 3 rings (SSSR count). The van der Waals surface area contributed by atoms with Crippen molar-refractivity contribution in [3.63, 3.8) is 0 Å². The molecule has 2 aliphatic rings. The first-order valence-electron chi connectivity index (χ1n) is 6.87. The van der Waals surface area contributed by atoms with Crippen LogP contribution in [0.25, 0.3) is 0 Å². The van der Waals surface area contributed by atoms with Crippen LogP contribution < -0.4 is 15.4 Å². The second-order valence-corrected chi connectivity index (χ2v) is 5.02. The second kappa shape index (κ2) is 5.68. The highest BCUT2D eigenvalue weighted by Crippen LogP contribution is 2.33. The van der Waals surface area contributed by atoms with Gasteiger partial charge < -0.3 is 20.1 Å². The zero-order chi connectivity index (χ0) is 13.9. The van der Waals surface area contributed by atoms with E-state index in [1.807, 2.05) is 6.07 Å². The molecule has 0 spiro atoms. The van der Waals surface area contributed by atoms with Crippen molar-refractivity contribution in [2.75, 3.05) is 56.6 Å². The summed E-state index contributed by atoms with van der Waals surface area (Å²) >= 11 is 0. The summed E-state index contributed by atoms with van der Waals surface area (Å²) < 4.78 is 10.8. The van der Waals surface area contributed by atoms with Gasteiger partial charge in [0.05, 0.1) is 18.9 Å². The monoisotopic (exact) mass is 277 g/mol. The summed E-state index contributed by atoms with van der Waals surface area (Å²) in [6.07, 6.45) is 0. The summed E-state index contributed by atoms with van der Waals surface area (Å²) in [6.45, 7) is 4.98. The number of benzene rings is 1. The Morgan fingerprint density at radius 1 is 1.20 bits per heavy atom. The standard InChI is InChI=1S/C14H19N3O3/c15-11-1-2-12-13(9-11)20-10-14(18)17(12)4-3-16-5-7-19-8-6-16/h1-2,9H,3-8,10,15H2. The molecule has 0 radical (unpaired) electrons. The third-order valence-corrected chi connectivity index (χ3v) is 3.67. The third kappa shape index (κ3) is 2.71. The summed E-state index contributed by atoms with van der Waals surface area (Å²) in [5.74, 6) is 0.683. The fourth-order valence-corrected chi connectivity index (χ4v) is 2.53. The normalized spacial score (nSPS) is 19.6. The Morgan fingerprint density at radius 2 is 2.00 bits per heavy atom. The molecule has 0 atom stereocenters. The summed E-state index contributed by atoms with van der Waals surface area (Å²) in [4.78, 5) is 16.1. The number of fused-ring (bicyclic) bond motifs is 1. The molecule has 20 heavy (non-hydrogen) atoms. The lowest BCUT2D eigenvalue weighted by Gasteiger charge is -2.33. The van der Waals surface area contributed by atoms with Gasteiger partial charge in [-0.1, -0.05) is 0 Å². The summed E-state index contributed by atoms with van der Waals surface area (Å²) in [5, 5.41) is 0. The van der Waals surface area contributed by atoms with Crippen LogP contribution in [0.4, 0.5) is 11.4 Å². The summed E-state index contributed by atoms with van der Waals surface area (Å²) in [6, 6.07) is 5.41. The molecule has 6 heteroatoms. The quantitative estimate of drug-likeness (QED) is 0.806. The SMILES string of the molecule is Nc1ccc2c(c1)OCC(=O)N2CCN1CCOCC1. The number of carbonyl (C=O) groups excluding carboxylic acids is 1. The van der Waals surface area contributed by atoms with E-state index in [0.717, 1.165) is 38.5 Å². The molecule has 2 heterocycles. The molecule has 0 saturated carbocycles. The number of nitrogens with two attached hydrogens (primary N) is 1. The molecular weight excluding hydrogens is 258 g/mol. The van der Waals surface area contributed by atoms with E-state index in [4.69, 9.17) is 15.2 Å². The number of rotatable bonds is 3. The van der Waals surface area contributed by atoms with Crippen molar-refractivity contribution in [1.29, 1.82) is 0 Å². The van der Waals surface area contributed by atoms with Crippen molar-refractivity contribution in [2.24, 2.45) is 0 Å². The van der Waals surface area contributed by atoms with Crippen LogP contribution in [0.5, 0.6) is 5.75 Å². The Morgan fingerprint density at radius 3 is 2.80 bits per heavy atom. The van der Waals surface area contributed by atoms with Crippen LogP contribution in [0.1, 0.15) is 0 Å².